The molecule has 1 N–H and O–H groups in total. The molecule has 0 radical (unpaired) electrons. The lowest BCUT2D eigenvalue weighted by atomic mass is 10.2. The number of thiazole rings is 1. The molecule has 3 rings (SSSR count). The highest BCUT2D eigenvalue weighted by atomic mass is 32.1. The summed E-state index contributed by atoms with van der Waals surface area (Å²) in [6, 6.07) is 9.85. The van der Waals surface area contributed by atoms with E-state index in [1.165, 1.54) is 11.3 Å². The molecule has 132 valence electrons. The van der Waals surface area contributed by atoms with Crippen LogP contribution in [0.4, 0.5) is 5.13 Å². The van der Waals surface area contributed by atoms with Crippen LogP contribution >= 0.6 is 11.3 Å². The number of hydrogen-bond donors (Lipinski definition) is 1. The average molecular weight is 359 g/mol. The van der Waals surface area contributed by atoms with E-state index in [1.807, 2.05) is 37.3 Å². The first kappa shape index (κ1) is 17.6. The molecule has 0 spiro atoms. The largest absolute Gasteiger partial charge is 0.367 e. The smallest absolute Gasteiger partial charge is 0.249 e. The van der Waals surface area contributed by atoms with Crippen molar-refractivity contribution >= 4 is 28.3 Å². The summed E-state index contributed by atoms with van der Waals surface area (Å²) in [5.74, 6) is -0.374. The number of carbonyl (C=O) groups is 2. The van der Waals surface area contributed by atoms with Crippen molar-refractivity contribution in [3.8, 4) is 0 Å². The minimum absolute atomic E-state index is 0.0188. The van der Waals surface area contributed by atoms with E-state index in [0.29, 0.717) is 11.7 Å². The fourth-order valence-electron chi connectivity index (χ4n) is 2.45. The van der Waals surface area contributed by atoms with Gasteiger partial charge in [-0.2, -0.15) is 0 Å². The number of nitrogens with zero attached hydrogens (tertiary/aromatic N) is 2. The van der Waals surface area contributed by atoms with Crippen molar-refractivity contribution in [1.29, 1.82) is 0 Å². The number of aryl methyl sites for hydroxylation is 1. The van der Waals surface area contributed by atoms with Crippen molar-refractivity contribution in [2.75, 3.05) is 18.5 Å². The van der Waals surface area contributed by atoms with Gasteiger partial charge >= 0.3 is 0 Å². The molecule has 0 aliphatic heterocycles. The monoisotopic (exact) mass is 359 g/mol. The van der Waals surface area contributed by atoms with Gasteiger partial charge in [-0.1, -0.05) is 30.3 Å². The summed E-state index contributed by atoms with van der Waals surface area (Å²) in [7, 11) is 0. The van der Waals surface area contributed by atoms with E-state index in [9.17, 15) is 9.59 Å². The second-order valence-electron chi connectivity index (χ2n) is 6.06. The molecule has 1 aliphatic carbocycles. The van der Waals surface area contributed by atoms with Crippen LogP contribution in [-0.4, -0.2) is 40.9 Å². The van der Waals surface area contributed by atoms with Crippen LogP contribution in [0, 0.1) is 6.92 Å². The van der Waals surface area contributed by atoms with Crippen LogP contribution in [0.3, 0.4) is 0 Å². The molecule has 1 heterocycles. The summed E-state index contributed by atoms with van der Waals surface area (Å²) in [4.78, 5) is 31.3. The highest BCUT2D eigenvalue weighted by molar-refractivity contribution is 7.15. The van der Waals surface area contributed by atoms with Crippen molar-refractivity contribution < 1.29 is 14.3 Å². The zero-order chi connectivity index (χ0) is 17.6. The maximum absolute atomic E-state index is 12.4. The van der Waals surface area contributed by atoms with Crippen molar-refractivity contribution in [3.05, 3.63) is 47.0 Å². The molecule has 0 saturated heterocycles. The van der Waals surface area contributed by atoms with Crippen LogP contribution < -0.4 is 5.32 Å². The summed E-state index contributed by atoms with van der Waals surface area (Å²) in [6.07, 6.45) is 3.59. The van der Waals surface area contributed by atoms with E-state index < -0.39 is 0 Å². The van der Waals surface area contributed by atoms with Crippen molar-refractivity contribution in [2.24, 2.45) is 0 Å². The number of benzene rings is 1. The van der Waals surface area contributed by atoms with E-state index in [1.54, 1.807) is 11.1 Å². The molecule has 6 nitrogen and oxygen atoms in total. The van der Waals surface area contributed by atoms with Crippen LogP contribution in [0.1, 0.15) is 23.3 Å². The molecule has 25 heavy (non-hydrogen) atoms. The summed E-state index contributed by atoms with van der Waals surface area (Å²) in [5.41, 5.74) is 1.02. The molecule has 0 unspecified atom stereocenters. The lowest BCUT2D eigenvalue weighted by Gasteiger charge is -2.21. The van der Waals surface area contributed by atoms with Crippen LogP contribution in [0.15, 0.2) is 36.5 Å². The van der Waals surface area contributed by atoms with Gasteiger partial charge in [0, 0.05) is 17.1 Å². The maximum Gasteiger partial charge on any atom is 0.249 e. The SMILES string of the molecule is Cc1cnc(NC(=O)CN(C(=O)COCc2ccccc2)C2CC2)s1. The van der Waals surface area contributed by atoms with Gasteiger partial charge in [-0.25, -0.2) is 4.98 Å². The fraction of sp³-hybridized carbons (Fsp3) is 0.389. The van der Waals surface area contributed by atoms with E-state index in [4.69, 9.17) is 4.74 Å². The van der Waals surface area contributed by atoms with Crippen LogP contribution in [0.2, 0.25) is 0 Å². The molecule has 1 fully saturated rings. The number of carbonyl (C=O) groups excluding carboxylic acids is 2. The summed E-state index contributed by atoms with van der Waals surface area (Å²) >= 11 is 1.42. The highest BCUT2D eigenvalue weighted by Gasteiger charge is 2.33. The first-order chi connectivity index (χ1) is 12.1. The minimum atomic E-state index is -0.224. The van der Waals surface area contributed by atoms with Crippen LogP contribution in [0.25, 0.3) is 0 Å². The van der Waals surface area contributed by atoms with Gasteiger partial charge in [0.1, 0.15) is 13.2 Å². The molecule has 7 heteroatoms. The van der Waals surface area contributed by atoms with Crippen molar-refractivity contribution in [1.82, 2.24) is 9.88 Å². The van der Waals surface area contributed by atoms with Crippen LogP contribution in [-0.2, 0) is 20.9 Å². The standard InChI is InChI=1S/C18H21N3O3S/c1-13-9-19-18(25-13)20-16(22)10-21(15-7-8-15)17(23)12-24-11-14-5-3-2-4-6-14/h2-6,9,15H,7-8,10-12H2,1H3,(H,19,20,22). The predicted molar refractivity (Wildman–Crippen MR) is 96.3 cm³/mol. The lowest BCUT2D eigenvalue weighted by Crippen LogP contribution is -2.41. The van der Waals surface area contributed by atoms with E-state index in [-0.39, 0.29) is 31.0 Å². The average Bonchev–Trinajstić information content (AvgIpc) is 3.36. The number of rotatable bonds is 8. The van der Waals surface area contributed by atoms with E-state index in [2.05, 4.69) is 10.3 Å². The van der Waals surface area contributed by atoms with E-state index >= 15 is 0 Å². The summed E-state index contributed by atoms with van der Waals surface area (Å²) in [5, 5.41) is 3.31. The molecular formula is C18H21N3O3S. The normalized spacial score (nSPS) is 13.5. The highest BCUT2D eigenvalue weighted by Crippen LogP contribution is 2.27. The molecule has 1 aromatic heterocycles. The first-order valence-electron chi connectivity index (χ1n) is 8.25. The number of anilines is 1. The molecule has 1 aromatic carbocycles. The number of hydrogen-bond acceptors (Lipinski definition) is 5. The van der Waals surface area contributed by atoms with Gasteiger partial charge in [-0.05, 0) is 25.3 Å². The number of nitrogens with one attached hydrogen (secondary N) is 1. The first-order valence-corrected chi connectivity index (χ1v) is 9.07. The van der Waals surface area contributed by atoms with Crippen molar-refractivity contribution in [3.63, 3.8) is 0 Å². The molecule has 1 saturated carbocycles. The van der Waals surface area contributed by atoms with Gasteiger partial charge in [0.2, 0.25) is 11.8 Å². The molecule has 0 atom stereocenters. The predicted octanol–water partition coefficient (Wildman–Crippen LogP) is 2.60. The Labute approximate surface area is 150 Å². The Bertz CT molecular complexity index is 728. The van der Waals surface area contributed by atoms with Crippen LogP contribution in [0.5, 0.6) is 0 Å². The third-order valence-electron chi connectivity index (χ3n) is 3.83. The van der Waals surface area contributed by atoms with Crippen molar-refractivity contribution in [2.45, 2.75) is 32.4 Å². The van der Waals surface area contributed by atoms with Gasteiger partial charge in [0.05, 0.1) is 6.61 Å². The van der Waals surface area contributed by atoms with Gasteiger partial charge in [-0.15, -0.1) is 11.3 Å². The Morgan fingerprint density at radius 2 is 2.08 bits per heavy atom. The zero-order valence-corrected chi connectivity index (χ0v) is 14.9. The topological polar surface area (TPSA) is 71.5 Å². The Kier molecular flexibility index (Phi) is 5.78. The van der Waals surface area contributed by atoms with Gasteiger partial charge in [0.15, 0.2) is 5.13 Å². The third kappa shape index (κ3) is 5.37. The molecule has 0 bridgehead atoms. The maximum atomic E-state index is 12.4. The number of amides is 2. The molecule has 2 amide bonds. The van der Waals surface area contributed by atoms with Gasteiger partial charge in [-0.3, -0.25) is 9.59 Å². The second kappa shape index (κ2) is 8.22. The summed E-state index contributed by atoms with van der Waals surface area (Å²) in [6.45, 7) is 2.33. The third-order valence-corrected chi connectivity index (χ3v) is 4.65. The quantitative estimate of drug-likeness (QED) is 0.786. The summed E-state index contributed by atoms with van der Waals surface area (Å²) < 4.78 is 5.51. The Morgan fingerprint density at radius 1 is 1.32 bits per heavy atom. The van der Waals surface area contributed by atoms with E-state index in [0.717, 1.165) is 23.3 Å². The molecular weight excluding hydrogens is 338 g/mol. The Hall–Kier alpha value is -2.25. The number of aromatic nitrogens is 1. The minimum Gasteiger partial charge on any atom is -0.367 e. The Balaban J connectivity index is 1.48. The zero-order valence-electron chi connectivity index (χ0n) is 14.1. The molecule has 1 aliphatic rings. The van der Waals surface area contributed by atoms with Gasteiger partial charge < -0.3 is 15.0 Å². The molecule has 2 aromatic rings. The lowest BCUT2D eigenvalue weighted by molar-refractivity contribution is -0.139. The van der Waals surface area contributed by atoms with Gasteiger partial charge in [0.25, 0.3) is 0 Å². The Morgan fingerprint density at radius 3 is 2.72 bits per heavy atom. The number of ether oxygens (including phenoxy) is 1. The fourth-order valence-corrected chi connectivity index (χ4v) is 3.13. The second-order valence-corrected chi connectivity index (χ2v) is 7.29.